The van der Waals surface area contributed by atoms with Crippen molar-refractivity contribution in [1.29, 1.82) is 0 Å². The molecule has 1 saturated heterocycles. The number of anilines is 2. The Kier molecular flexibility index (Phi) is 5.30. The predicted octanol–water partition coefficient (Wildman–Crippen LogP) is 4.07. The van der Waals surface area contributed by atoms with Gasteiger partial charge in [-0.25, -0.2) is 0 Å². The van der Waals surface area contributed by atoms with Gasteiger partial charge in [0.15, 0.2) is 0 Å². The number of benzene rings is 2. The second-order valence-electron chi connectivity index (χ2n) is 5.54. The van der Waals surface area contributed by atoms with E-state index in [4.69, 9.17) is 0 Å². The van der Waals surface area contributed by atoms with Crippen LogP contribution in [0.4, 0.5) is 11.4 Å². The first-order valence-corrected chi connectivity index (χ1v) is 8.85. The maximum atomic E-state index is 12.0. The van der Waals surface area contributed by atoms with Gasteiger partial charge in [0.25, 0.3) is 0 Å². The molecular weight excluding hydrogens is 415 g/mol. The summed E-state index contributed by atoms with van der Waals surface area (Å²) < 4.78 is 0.997. The summed E-state index contributed by atoms with van der Waals surface area (Å²) in [5.41, 5.74) is 2.64. The largest absolute Gasteiger partial charge is 0.322 e. The number of amides is 2. The van der Waals surface area contributed by atoms with Crippen LogP contribution in [0.15, 0.2) is 54.6 Å². The fraction of sp³-hybridized carbons (Fsp3) is 0.158. The third-order valence-electron chi connectivity index (χ3n) is 3.84. The van der Waals surface area contributed by atoms with Crippen molar-refractivity contribution in [2.75, 3.05) is 16.8 Å². The molecule has 2 amide bonds. The number of carbonyl (C=O) groups excluding carboxylic acids is 2. The molecule has 2 aromatic carbocycles. The Morgan fingerprint density at radius 2 is 1.88 bits per heavy atom. The highest BCUT2D eigenvalue weighted by atomic mass is 127. The molecule has 1 N–H and O–H groups in total. The standard InChI is InChI=1S/C19H17IN2O2/c20-16-4-1-2-5-17(16)21-18(23)12-9-14-7-10-15(11-8-14)22-13-3-6-19(22)24/h1-2,4-5,7-12H,3,6,13H2,(H,21,23)/b12-9+. The fourth-order valence-electron chi connectivity index (χ4n) is 2.60. The van der Waals surface area contributed by atoms with Gasteiger partial charge >= 0.3 is 0 Å². The van der Waals surface area contributed by atoms with Crippen molar-refractivity contribution < 1.29 is 9.59 Å². The number of carbonyl (C=O) groups is 2. The van der Waals surface area contributed by atoms with Crippen molar-refractivity contribution >= 4 is 51.9 Å². The van der Waals surface area contributed by atoms with Crippen molar-refractivity contribution in [2.24, 2.45) is 0 Å². The Labute approximate surface area is 154 Å². The van der Waals surface area contributed by atoms with Crippen molar-refractivity contribution in [3.05, 3.63) is 63.7 Å². The quantitative estimate of drug-likeness (QED) is 0.585. The van der Waals surface area contributed by atoms with E-state index in [1.54, 1.807) is 11.0 Å². The molecular formula is C19H17IN2O2. The summed E-state index contributed by atoms with van der Waals surface area (Å²) in [6.07, 6.45) is 4.82. The van der Waals surface area contributed by atoms with Gasteiger partial charge in [0.1, 0.15) is 0 Å². The summed E-state index contributed by atoms with van der Waals surface area (Å²) in [6.45, 7) is 0.784. The molecule has 0 bridgehead atoms. The highest BCUT2D eigenvalue weighted by Gasteiger charge is 2.21. The van der Waals surface area contributed by atoms with Gasteiger partial charge in [0, 0.05) is 28.3 Å². The van der Waals surface area contributed by atoms with Crippen LogP contribution in [-0.2, 0) is 9.59 Å². The van der Waals surface area contributed by atoms with Crippen LogP contribution < -0.4 is 10.2 Å². The number of hydrogen-bond donors (Lipinski definition) is 1. The van der Waals surface area contributed by atoms with Crippen LogP contribution in [0.2, 0.25) is 0 Å². The van der Waals surface area contributed by atoms with Crippen LogP contribution in [0.1, 0.15) is 18.4 Å². The van der Waals surface area contributed by atoms with Gasteiger partial charge in [-0.15, -0.1) is 0 Å². The Balaban J connectivity index is 1.63. The normalized spacial score (nSPS) is 14.4. The third-order valence-corrected chi connectivity index (χ3v) is 4.78. The van der Waals surface area contributed by atoms with E-state index in [0.29, 0.717) is 6.42 Å². The first-order valence-electron chi connectivity index (χ1n) is 7.77. The summed E-state index contributed by atoms with van der Waals surface area (Å²) in [4.78, 5) is 25.5. The monoisotopic (exact) mass is 432 g/mol. The smallest absolute Gasteiger partial charge is 0.248 e. The Bertz CT molecular complexity index is 784. The number of para-hydroxylation sites is 1. The molecule has 0 unspecified atom stereocenters. The lowest BCUT2D eigenvalue weighted by Crippen LogP contribution is -2.23. The highest BCUT2D eigenvalue weighted by Crippen LogP contribution is 2.22. The van der Waals surface area contributed by atoms with E-state index in [2.05, 4.69) is 27.9 Å². The van der Waals surface area contributed by atoms with Crippen LogP contribution in [0.5, 0.6) is 0 Å². The van der Waals surface area contributed by atoms with Crippen molar-refractivity contribution in [1.82, 2.24) is 0 Å². The van der Waals surface area contributed by atoms with Crippen LogP contribution >= 0.6 is 22.6 Å². The molecule has 1 fully saturated rings. The van der Waals surface area contributed by atoms with E-state index in [1.165, 1.54) is 6.08 Å². The topological polar surface area (TPSA) is 49.4 Å². The molecule has 24 heavy (non-hydrogen) atoms. The summed E-state index contributed by atoms with van der Waals surface area (Å²) in [7, 11) is 0. The van der Waals surface area contributed by atoms with Gasteiger partial charge in [-0.3, -0.25) is 9.59 Å². The average molecular weight is 432 g/mol. The number of halogens is 1. The van der Waals surface area contributed by atoms with Gasteiger partial charge < -0.3 is 10.2 Å². The summed E-state index contributed by atoms with van der Waals surface area (Å²) in [5.74, 6) is 0.00745. The number of nitrogens with zero attached hydrogens (tertiary/aromatic N) is 1. The minimum Gasteiger partial charge on any atom is -0.322 e. The van der Waals surface area contributed by atoms with Gasteiger partial charge in [0.05, 0.1) is 5.69 Å². The number of nitrogens with one attached hydrogen (secondary N) is 1. The lowest BCUT2D eigenvalue weighted by atomic mass is 10.2. The van der Waals surface area contributed by atoms with Gasteiger partial charge in [0.2, 0.25) is 11.8 Å². The molecule has 0 aromatic heterocycles. The average Bonchev–Trinajstić information content (AvgIpc) is 3.02. The zero-order valence-electron chi connectivity index (χ0n) is 13.0. The molecule has 122 valence electrons. The Morgan fingerprint density at radius 3 is 2.54 bits per heavy atom. The highest BCUT2D eigenvalue weighted by molar-refractivity contribution is 14.1. The van der Waals surface area contributed by atoms with Gasteiger partial charge in [-0.05, 0) is 64.9 Å². The first-order chi connectivity index (χ1) is 11.6. The molecule has 0 aliphatic carbocycles. The zero-order chi connectivity index (χ0) is 16.9. The minimum atomic E-state index is -0.169. The lowest BCUT2D eigenvalue weighted by Gasteiger charge is -2.15. The van der Waals surface area contributed by atoms with E-state index in [-0.39, 0.29) is 11.8 Å². The fourth-order valence-corrected chi connectivity index (χ4v) is 3.12. The van der Waals surface area contributed by atoms with Crippen molar-refractivity contribution in [3.63, 3.8) is 0 Å². The van der Waals surface area contributed by atoms with E-state index in [1.807, 2.05) is 48.5 Å². The molecule has 2 aromatic rings. The van der Waals surface area contributed by atoms with Crippen LogP contribution in [0, 0.1) is 3.57 Å². The maximum Gasteiger partial charge on any atom is 0.248 e. The van der Waals surface area contributed by atoms with E-state index in [0.717, 1.165) is 33.5 Å². The number of rotatable bonds is 4. The first kappa shape index (κ1) is 16.7. The summed E-state index contributed by atoms with van der Waals surface area (Å²) in [6, 6.07) is 15.3. The Morgan fingerprint density at radius 1 is 1.12 bits per heavy atom. The molecule has 1 heterocycles. The van der Waals surface area contributed by atoms with Crippen LogP contribution in [0.25, 0.3) is 6.08 Å². The van der Waals surface area contributed by atoms with Crippen LogP contribution in [-0.4, -0.2) is 18.4 Å². The molecule has 5 heteroatoms. The van der Waals surface area contributed by atoms with Crippen molar-refractivity contribution in [2.45, 2.75) is 12.8 Å². The van der Waals surface area contributed by atoms with E-state index in [9.17, 15) is 9.59 Å². The zero-order valence-corrected chi connectivity index (χ0v) is 15.2. The molecule has 1 aliphatic rings. The lowest BCUT2D eigenvalue weighted by molar-refractivity contribution is -0.117. The van der Waals surface area contributed by atoms with Crippen LogP contribution in [0.3, 0.4) is 0 Å². The number of hydrogen-bond acceptors (Lipinski definition) is 2. The molecule has 0 atom stereocenters. The SMILES string of the molecule is O=C(/C=C/c1ccc(N2CCCC2=O)cc1)Nc1ccccc1I. The molecule has 0 saturated carbocycles. The van der Waals surface area contributed by atoms with Crippen molar-refractivity contribution in [3.8, 4) is 0 Å². The minimum absolute atomic E-state index is 0.169. The second-order valence-corrected chi connectivity index (χ2v) is 6.71. The maximum absolute atomic E-state index is 12.0. The molecule has 1 aliphatic heterocycles. The second kappa shape index (κ2) is 7.61. The molecule has 0 radical (unpaired) electrons. The Hall–Kier alpha value is -2.15. The summed E-state index contributed by atoms with van der Waals surface area (Å²) in [5, 5.41) is 2.86. The van der Waals surface area contributed by atoms with E-state index < -0.39 is 0 Å². The predicted molar refractivity (Wildman–Crippen MR) is 105 cm³/mol. The summed E-state index contributed by atoms with van der Waals surface area (Å²) >= 11 is 2.19. The molecule has 3 rings (SSSR count). The molecule has 0 spiro atoms. The van der Waals surface area contributed by atoms with Gasteiger partial charge in [-0.1, -0.05) is 24.3 Å². The van der Waals surface area contributed by atoms with E-state index >= 15 is 0 Å². The van der Waals surface area contributed by atoms with Gasteiger partial charge in [-0.2, -0.15) is 0 Å². The molecule has 4 nitrogen and oxygen atoms in total. The third kappa shape index (κ3) is 4.03.